The van der Waals surface area contributed by atoms with Crippen LogP contribution in [0.4, 0.5) is 0 Å². The molecular weight excluding hydrogens is 332 g/mol. The first kappa shape index (κ1) is 20.8. The molecule has 0 rings (SSSR count). The number of rotatable bonds is 11. The Hall–Kier alpha value is -3.18. The van der Waals surface area contributed by atoms with E-state index in [-0.39, 0.29) is 0 Å². The highest BCUT2D eigenvalue weighted by atomic mass is 16.4. The Balaban J connectivity index is 4.45. The molecule has 0 spiro atoms. The van der Waals surface area contributed by atoms with Crippen LogP contribution in [0.25, 0.3) is 0 Å². The molecule has 0 aromatic heterocycles. The average molecular weight is 348 g/mol. The topological polar surface area (TPSA) is 207 Å². The van der Waals surface area contributed by atoms with Crippen molar-refractivity contribution in [3.8, 4) is 0 Å². The smallest absolute Gasteiger partial charge is 0.326 e. The second-order valence-corrected chi connectivity index (χ2v) is 4.61. The highest BCUT2D eigenvalue weighted by molar-refractivity contribution is 5.90. The summed E-state index contributed by atoms with van der Waals surface area (Å²) in [6, 6.07) is -3.34. The van der Waals surface area contributed by atoms with Gasteiger partial charge in [0.1, 0.15) is 12.1 Å². The van der Waals surface area contributed by atoms with E-state index in [2.05, 4.69) is 0 Å². The molecule has 0 saturated carbocycles. The summed E-state index contributed by atoms with van der Waals surface area (Å²) in [7, 11) is 0. The summed E-state index contributed by atoms with van der Waals surface area (Å²) in [5, 5.41) is 38.3. The Morgan fingerprint density at radius 2 is 0.917 bits per heavy atom. The summed E-state index contributed by atoms with van der Waals surface area (Å²) in [5.74, 6) is -7.88. The van der Waals surface area contributed by atoms with Crippen LogP contribution in [0, 0.1) is 0 Å². The third kappa shape index (κ3) is 8.96. The fraction of sp³-hybridized carbons (Fsp3) is 0.500. The Kier molecular flexibility index (Phi) is 8.47. The zero-order chi connectivity index (χ0) is 18.9. The molecule has 2 amide bonds. The number of hydrogen-bond acceptors (Lipinski definition) is 6. The lowest BCUT2D eigenvalue weighted by Crippen LogP contribution is -2.44. The first-order valence-electron chi connectivity index (χ1n) is 6.50. The van der Waals surface area contributed by atoms with Crippen molar-refractivity contribution in [3.63, 3.8) is 0 Å². The van der Waals surface area contributed by atoms with Gasteiger partial charge in [0.05, 0.1) is 12.8 Å². The lowest BCUT2D eigenvalue weighted by Gasteiger charge is -2.14. The van der Waals surface area contributed by atoms with Gasteiger partial charge in [-0.05, 0) is 0 Å². The maximum atomic E-state index is 11.5. The van der Waals surface area contributed by atoms with E-state index in [1.54, 1.807) is 0 Å². The molecule has 0 aliphatic rings. The largest absolute Gasteiger partial charge is 0.481 e. The molecule has 24 heavy (non-hydrogen) atoms. The maximum Gasteiger partial charge on any atom is 0.326 e. The van der Waals surface area contributed by atoms with Gasteiger partial charge in [0.2, 0.25) is 11.8 Å². The Bertz CT molecular complexity index is 496. The molecule has 0 aromatic carbocycles. The van der Waals surface area contributed by atoms with E-state index >= 15 is 0 Å². The quantitative estimate of drug-likeness (QED) is 0.238. The Morgan fingerprint density at radius 3 is 1.12 bits per heavy atom. The van der Waals surface area contributed by atoms with Crippen LogP contribution in [0.15, 0.2) is 0 Å². The van der Waals surface area contributed by atoms with E-state index in [1.165, 1.54) is 0 Å². The van der Waals surface area contributed by atoms with Gasteiger partial charge in [-0.3, -0.25) is 19.2 Å². The molecule has 12 nitrogen and oxygen atoms in total. The van der Waals surface area contributed by atoms with Crippen LogP contribution >= 0.6 is 0 Å². The summed E-state index contributed by atoms with van der Waals surface area (Å²) in [6.45, 7) is 0. The molecule has 0 bridgehead atoms. The average Bonchev–Trinajstić information content (AvgIpc) is 2.42. The number of carbonyl (C=O) groups excluding carboxylic acids is 2. The molecule has 0 heterocycles. The minimum absolute atomic E-state index is 0.533. The van der Waals surface area contributed by atoms with Crippen LogP contribution in [0.2, 0.25) is 0 Å². The van der Waals surface area contributed by atoms with Crippen LogP contribution < -0.4 is 10.6 Å². The molecule has 134 valence electrons. The molecule has 0 aliphatic heterocycles. The van der Waals surface area contributed by atoms with Gasteiger partial charge < -0.3 is 31.1 Å². The monoisotopic (exact) mass is 348 g/mol. The summed E-state index contributed by atoms with van der Waals surface area (Å²) >= 11 is 0. The van der Waals surface area contributed by atoms with E-state index in [4.69, 9.17) is 20.4 Å². The van der Waals surface area contributed by atoms with Gasteiger partial charge in [0.25, 0.3) is 0 Å². The third-order valence-corrected chi connectivity index (χ3v) is 2.60. The van der Waals surface area contributed by atoms with E-state index in [1.807, 2.05) is 10.6 Å². The summed E-state index contributed by atoms with van der Waals surface area (Å²) in [4.78, 5) is 65.4. The highest BCUT2D eigenvalue weighted by Crippen LogP contribution is 1.99. The zero-order valence-corrected chi connectivity index (χ0v) is 12.2. The van der Waals surface area contributed by atoms with Gasteiger partial charge in [-0.2, -0.15) is 0 Å². The number of amides is 2. The Morgan fingerprint density at radius 1 is 0.625 bits per heavy atom. The predicted octanol–water partition coefficient (Wildman–Crippen LogP) is -2.15. The number of aliphatic carboxylic acids is 4. The lowest BCUT2D eigenvalue weighted by molar-refractivity contribution is -0.147. The van der Waals surface area contributed by atoms with Crippen molar-refractivity contribution in [1.29, 1.82) is 0 Å². The van der Waals surface area contributed by atoms with Crippen molar-refractivity contribution in [2.75, 3.05) is 0 Å². The number of carboxylic acid groups (broad SMARTS) is 4. The minimum atomic E-state index is -1.67. The van der Waals surface area contributed by atoms with Gasteiger partial charge in [-0.25, -0.2) is 9.59 Å². The lowest BCUT2D eigenvalue weighted by atomic mass is 10.1. The predicted molar refractivity (Wildman–Crippen MR) is 72.9 cm³/mol. The molecule has 0 radical (unpaired) electrons. The molecule has 0 aliphatic carbocycles. The standard InChI is InChI=1S/C12H16N2O10/c15-7(13-5(11(21)22)3-9(17)18)1-2-8(16)14-6(12(23)24)4-10(19)20/h5-6H,1-4H2,(H,13,15)(H,14,16)(H,17,18)(H,19,20)(H,21,22)(H,23,24)/t5-,6-/m0/s1. The minimum Gasteiger partial charge on any atom is -0.481 e. The zero-order valence-electron chi connectivity index (χ0n) is 12.2. The van der Waals surface area contributed by atoms with Crippen molar-refractivity contribution in [2.45, 2.75) is 37.8 Å². The molecule has 0 fully saturated rings. The molecule has 0 saturated heterocycles. The van der Waals surface area contributed by atoms with E-state index < -0.39 is 73.5 Å². The second-order valence-electron chi connectivity index (χ2n) is 4.61. The van der Waals surface area contributed by atoms with Gasteiger partial charge in [-0.1, -0.05) is 0 Å². The van der Waals surface area contributed by atoms with Crippen LogP contribution in [-0.2, 0) is 28.8 Å². The van der Waals surface area contributed by atoms with Crippen molar-refractivity contribution in [2.24, 2.45) is 0 Å². The van der Waals surface area contributed by atoms with Crippen molar-refractivity contribution in [3.05, 3.63) is 0 Å². The number of hydrogen-bond donors (Lipinski definition) is 6. The fourth-order valence-electron chi connectivity index (χ4n) is 1.51. The van der Waals surface area contributed by atoms with Gasteiger partial charge in [-0.15, -0.1) is 0 Å². The van der Waals surface area contributed by atoms with Crippen molar-refractivity contribution in [1.82, 2.24) is 10.6 Å². The molecule has 6 N–H and O–H groups in total. The van der Waals surface area contributed by atoms with E-state index in [0.717, 1.165) is 0 Å². The molecular formula is C12H16N2O10. The van der Waals surface area contributed by atoms with Gasteiger partial charge in [0.15, 0.2) is 0 Å². The normalized spacial score (nSPS) is 12.5. The number of carbonyl (C=O) groups is 6. The highest BCUT2D eigenvalue weighted by Gasteiger charge is 2.25. The summed E-state index contributed by atoms with van der Waals surface area (Å²) < 4.78 is 0. The van der Waals surface area contributed by atoms with E-state index in [9.17, 15) is 28.8 Å². The van der Waals surface area contributed by atoms with Gasteiger partial charge >= 0.3 is 23.9 Å². The Labute approximate surface area is 134 Å². The summed E-state index contributed by atoms with van der Waals surface area (Å²) in [6.07, 6.45) is -2.77. The first-order chi connectivity index (χ1) is 11.0. The fourth-order valence-corrected chi connectivity index (χ4v) is 1.51. The van der Waals surface area contributed by atoms with Crippen molar-refractivity contribution >= 4 is 35.7 Å². The molecule has 0 aromatic rings. The second kappa shape index (κ2) is 9.76. The number of nitrogens with one attached hydrogen (secondary N) is 2. The summed E-state index contributed by atoms with van der Waals surface area (Å²) in [5.41, 5.74) is 0. The number of carboxylic acids is 4. The van der Waals surface area contributed by atoms with Crippen LogP contribution in [-0.4, -0.2) is 68.2 Å². The molecule has 2 atom stereocenters. The van der Waals surface area contributed by atoms with Crippen LogP contribution in [0.1, 0.15) is 25.7 Å². The first-order valence-corrected chi connectivity index (χ1v) is 6.50. The van der Waals surface area contributed by atoms with E-state index in [0.29, 0.717) is 0 Å². The maximum absolute atomic E-state index is 11.5. The van der Waals surface area contributed by atoms with Crippen molar-refractivity contribution < 1.29 is 49.2 Å². The molecule has 12 heteroatoms. The third-order valence-electron chi connectivity index (χ3n) is 2.60. The SMILES string of the molecule is O=C(O)C[C@H](NC(=O)CCC(=O)N[C@@H](CC(=O)O)C(=O)O)C(=O)O. The van der Waals surface area contributed by atoms with Gasteiger partial charge in [0, 0.05) is 12.8 Å². The van der Waals surface area contributed by atoms with Crippen LogP contribution in [0.3, 0.4) is 0 Å². The molecule has 0 unspecified atom stereocenters. The van der Waals surface area contributed by atoms with Crippen LogP contribution in [0.5, 0.6) is 0 Å².